The lowest BCUT2D eigenvalue weighted by Gasteiger charge is -2.17. The van der Waals surface area contributed by atoms with Crippen molar-refractivity contribution in [2.24, 2.45) is 0 Å². The van der Waals surface area contributed by atoms with Crippen LogP contribution in [0.15, 0.2) is 0 Å². The predicted octanol–water partition coefficient (Wildman–Crippen LogP) is -2.99. The van der Waals surface area contributed by atoms with Gasteiger partial charge in [-0.3, -0.25) is 4.79 Å². The first-order valence-corrected chi connectivity index (χ1v) is 3.84. The average molecular weight is 194 g/mol. The Bertz CT molecular complexity index is 159. The molecule has 78 valence electrons. The number of carbonyl (C=O) groups excluding carboxylic acids is 1. The van der Waals surface area contributed by atoms with E-state index in [1.165, 1.54) is 0 Å². The van der Waals surface area contributed by atoms with E-state index in [4.69, 9.17) is 25.5 Å². The Balaban J connectivity index is 4.08. The highest BCUT2D eigenvalue weighted by molar-refractivity contribution is 5.87. The summed E-state index contributed by atoms with van der Waals surface area (Å²) in [7, 11) is 0. The van der Waals surface area contributed by atoms with Crippen molar-refractivity contribution in [1.29, 1.82) is 0 Å². The van der Waals surface area contributed by atoms with Crippen LogP contribution in [0.3, 0.4) is 0 Å². The van der Waals surface area contributed by atoms with Crippen molar-refractivity contribution in [3.8, 4) is 0 Å². The number of ketones is 1. The summed E-state index contributed by atoms with van der Waals surface area (Å²) in [6.07, 6.45) is -5.12. The molecule has 0 amide bonds. The Morgan fingerprint density at radius 1 is 1.15 bits per heavy atom. The Kier molecular flexibility index (Phi) is 5.76. The topological polar surface area (TPSA) is 118 Å². The molecule has 0 heterocycles. The van der Waals surface area contributed by atoms with E-state index in [-0.39, 0.29) is 6.42 Å². The van der Waals surface area contributed by atoms with Crippen molar-refractivity contribution in [2.45, 2.75) is 24.7 Å². The van der Waals surface area contributed by atoms with E-state index < -0.39 is 37.3 Å². The van der Waals surface area contributed by atoms with Gasteiger partial charge >= 0.3 is 0 Å². The van der Waals surface area contributed by atoms with Crippen molar-refractivity contribution in [1.82, 2.24) is 0 Å². The number of rotatable bonds is 6. The molecule has 0 fully saturated rings. The number of Topliss-reactive ketones (excluding diaryl/α,β-unsaturated/α-hetero) is 1. The van der Waals surface area contributed by atoms with Gasteiger partial charge in [-0.1, -0.05) is 0 Å². The lowest BCUT2D eigenvalue weighted by molar-refractivity contribution is -0.143. The van der Waals surface area contributed by atoms with Crippen LogP contribution in [-0.4, -0.2) is 62.8 Å². The van der Waals surface area contributed by atoms with Gasteiger partial charge in [0.1, 0.15) is 18.3 Å². The molecule has 6 heteroatoms. The number of hydrogen-bond acceptors (Lipinski definition) is 6. The first-order valence-electron chi connectivity index (χ1n) is 3.84. The number of carbonyl (C=O) groups is 1. The predicted molar refractivity (Wildman–Crippen MR) is 41.8 cm³/mol. The number of hydrogen-bond donors (Lipinski definition) is 5. The van der Waals surface area contributed by atoms with E-state index in [1.807, 2.05) is 0 Å². The second kappa shape index (κ2) is 6.01. The SMILES string of the molecule is O=C(C(O)CCO)C(O)C(O)CO. The van der Waals surface area contributed by atoms with Crippen LogP contribution >= 0.6 is 0 Å². The van der Waals surface area contributed by atoms with Gasteiger partial charge in [-0.15, -0.1) is 0 Å². The second-order valence-electron chi connectivity index (χ2n) is 2.63. The van der Waals surface area contributed by atoms with Crippen LogP contribution in [0.25, 0.3) is 0 Å². The summed E-state index contributed by atoms with van der Waals surface area (Å²) in [5.74, 6) is -1.00. The molecule has 0 aromatic heterocycles. The van der Waals surface area contributed by atoms with Crippen molar-refractivity contribution < 1.29 is 30.3 Å². The lowest BCUT2D eigenvalue weighted by Crippen LogP contribution is -2.42. The molecule has 0 saturated heterocycles. The lowest BCUT2D eigenvalue weighted by atomic mass is 10.0. The molecule has 6 nitrogen and oxygen atoms in total. The summed E-state index contributed by atoms with van der Waals surface area (Å²) in [4.78, 5) is 11.0. The quantitative estimate of drug-likeness (QED) is 0.308. The van der Waals surface area contributed by atoms with E-state index in [2.05, 4.69) is 0 Å². The molecule has 5 N–H and O–H groups in total. The zero-order chi connectivity index (χ0) is 10.4. The smallest absolute Gasteiger partial charge is 0.192 e. The minimum atomic E-state index is -1.81. The highest BCUT2D eigenvalue weighted by Crippen LogP contribution is 2.01. The standard InChI is InChI=1S/C7H14O6/c8-2-1-4(10)6(12)7(13)5(11)3-9/h4-5,7-11,13H,1-3H2. The van der Waals surface area contributed by atoms with Crippen molar-refractivity contribution in [3.63, 3.8) is 0 Å². The van der Waals surface area contributed by atoms with Gasteiger partial charge < -0.3 is 25.5 Å². The van der Waals surface area contributed by atoms with Gasteiger partial charge in [-0.25, -0.2) is 0 Å². The summed E-state index contributed by atoms with van der Waals surface area (Å²) in [5.41, 5.74) is 0. The summed E-state index contributed by atoms with van der Waals surface area (Å²) in [6.45, 7) is -1.16. The molecule has 0 aliphatic carbocycles. The maximum Gasteiger partial charge on any atom is 0.192 e. The highest BCUT2D eigenvalue weighted by atomic mass is 16.4. The first-order chi connectivity index (χ1) is 6.04. The Labute approximate surface area is 75.1 Å². The fraction of sp³-hybridized carbons (Fsp3) is 0.857. The zero-order valence-corrected chi connectivity index (χ0v) is 7.00. The normalized spacial score (nSPS) is 17.9. The minimum absolute atomic E-state index is 0.200. The second-order valence-corrected chi connectivity index (χ2v) is 2.63. The Morgan fingerprint density at radius 3 is 2.08 bits per heavy atom. The molecule has 13 heavy (non-hydrogen) atoms. The van der Waals surface area contributed by atoms with Crippen LogP contribution in [0, 0.1) is 0 Å². The van der Waals surface area contributed by atoms with Crippen LogP contribution in [0.1, 0.15) is 6.42 Å². The fourth-order valence-electron chi connectivity index (χ4n) is 0.751. The van der Waals surface area contributed by atoms with Gasteiger partial charge in [0.05, 0.1) is 6.61 Å². The molecule has 0 radical (unpaired) electrons. The third-order valence-corrected chi connectivity index (χ3v) is 1.57. The van der Waals surface area contributed by atoms with Crippen LogP contribution in [0.2, 0.25) is 0 Å². The maximum absolute atomic E-state index is 11.0. The monoisotopic (exact) mass is 194 g/mol. The Hall–Kier alpha value is -0.530. The largest absolute Gasteiger partial charge is 0.396 e. The molecule has 3 unspecified atom stereocenters. The van der Waals surface area contributed by atoms with Crippen LogP contribution in [-0.2, 0) is 4.79 Å². The number of aliphatic hydroxyl groups excluding tert-OH is 5. The van der Waals surface area contributed by atoms with Crippen LogP contribution in [0.5, 0.6) is 0 Å². The van der Waals surface area contributed by atoms with E-state index in [1.54, 1.807) is 0 Å². The highest BCUT2D eigenvalue weighted by Gasteiger charge is 2.28. The van der Waals surface area contributed by atoms with Gasteiger partial charge in [0, 0.05) is 13.0 Å². The van der Waals surface area contributed by atoms with E-state index in [0.717, 1.165) is 0 Å². The van der Waals surface area contributed by atoms with Crippen molar-refractivity contribution in [2.75, 3.05) is 13.2 Å². The van der Waals surface area contributed by atoms with Gasteiger partial charge in [-0.2, -0.15) is 0 Å². The van der Waals surface area contributed by atoms with Crippen molar-refractivity contribution in [3.05, 3.63) is 0 Å². The molecular weight excluding hydrogens is 180 g/mol. The maximum atomic E-state index is 11.0. The van der Waals surface area contributed by atoms with Gasteiger partial charge in [-0.05, 0) is 0 Å². The molecule has 0 bridgehead atoms. The van der Waals surface area contributed by atoms with Crippen LogP contribution < -0.4 is 0 Å². The number of aliphatic hydroxyl groups is 5. The molecule has 0 spiro atoms. The fourth-order valence-corrected chi connectivity index (χ4v) is 0.751. The van der Waals surface area contributed by atoms with Crippen LogP contribution in [0.4, 0.5) is 0 Å². The molecule has 0 aliphatic rings. The molecular formula is C7H14O6. The Morgan fingerprint density at radius 2 is 1.69 bits per heavy atom. The summed E-state index contributed by atoms with van der Waals surface area (Å²) in [5, 5.41) is 43.5. The van der Waals surface area contributed by atoms with E-state index in [9.17, 15) is 4.79 Å². The summed E-state index contributed by atoms with van der Waals surface area (Å²) >= 11 is 0. The molecule has 0 saturated carbocycles. The molecule has 0 aromatic rings. The van der Waals surface area contributed by atoms with E-state index >= 15 is 0 Å². The molecule has 3 atom stereocenters. The van der Waals surface area contributed by atoms with E-state index in [0.29, 0.717) is 0 Å². The first kappa shape index (κ1) is 12.5. The molecule has 0 rings (SSSR count). The third-order valence-electron chi connectivity index (χ3n) is 1.57. The summed E-state index contributed by atoms with van der Waals surface area (Å²) in [6, 6.07) is 0. The summed E-state index contributed by atoms with van der Waals surface area (Å²) < 4.78 is 0. The van der Waals surface area contributed by atoms with Gasteiger partial charge in [0.2, 0.25) is 0 Å². The third kappa shape index (κ3) is 3.79. The van der Waals surface area contributed by atoms with Gasteiger partial charge in [0.25, 0.3) is 0 Å². The minimum Gasteiger partial charge on any atom is -0.396 e. The van der Waals surface area contributed by atoms with Gasteiger partial charge in [0.15, 0.2) is 5.78 Å². The average Bonchev–Trinajstić information content (AvgIpc) is 2.14. The molecule has 0 aliphatic heterocycles. The van der Waals surface area contributed by atoms with Crippen molar-refractivity contribution >= 4 is 5.78 Å². The molecule has 0 aromatic carbocycles. The zero-order valence-electron chi connectivity index (χ0n) is 7.00.